The van der Waals surface area contributed by atoms with E-state index in [-0.39, 0.29) is 0 Å². The van der Waals surface area contributed by atoms with Crippen molar-refractivity contribution < 1.29 is 8.42 Å². The Morgan fingerprint density at radius 3 is 2.40 bits per heavy atom. The molecule has 1 heterocycles. The van der Waals surface area contributed by atoms with Crippen molar-refractivity contribution in [2.24, 2.45) is 0 Å². The summed E-state index contributed by atoms with van der Waals surface area (Å²) in [5.41, 5.74) is 1.41. The van der Waals surface area contributed by atoms with Gasteiger partial charge < -0.3 is 0 Å². The Hall–Kier alpha value is -1.07. The third kappa shape index (κ3) is 1.87. The maximum Gasteiger partial charge on any atom is 0.244 e. The zero-order chi connectivity index (χ0) is 14.5. The Bertz CT molecular complexity index is 790. The molecular weight excluding hydrogens is 317 g/mol. The van der Waals surface area contributed by atoms with E-state index in [2.05, 4.69) is 0 Å². The van der Waals surface area contributed by atoms with E-state index in [0.29, 0.717) is 20.5 Å². The van der Waals surface area contributed by atoms with Gasteiger partial charge in [0, 0.05) is 7.05 Å². The average molecular weight is 328 g/mol. The van der Waals surface area contributed by atoms with Crippen molar-refractivity contribution >= 4 is 33.2 Å². The molecule has 1 aliphatic rings. The molecule has 3 rings (SSSR count). The Kier molecular flexibility index (Phi) is 3.29. The summed E-state index contributed by atoms with van der Waals surface area (Å²) in [5, 5.41) is 0.803. The largest absolute Gasteiger partial charge is 0.244 e. The Morgan fingerprint density at radius 1 is 1.00 bits per heavy atom. The minimum absolute atomic E-state index is 0.323. The molecular formula is C14H11Cl2NO2S. The maximum atomic E-state index is 12.4. The molecule has 2 aromatic rings. The summed E-state index contributed by atoms with van der Waals surface area (Å²) in [7, 11) is -1.93. The average Bonchev–Trinajstić information content (AvgIpc) is 2.62. The Morgan fingerprint density at radius 2 is 1.65 bits per heavy atom. The molecule has 104 valence electrons. The van der Waals surface area contributed by atoms with Gasteiger partial charge in [-0.25, -0.2) is 8.42 Å². The summed E-state index contributed by atoms with van der Waals surface area (Å²) in [5.74, 6) is 0. The van der Waals surface area contributed by atoms with Crippen LogP contribution in [0.25, 0.3) is 0 Å². The van der Waals surface area contributed by atoms with E-state index in [4.69, 9.17) is 23.2 Å². The van der Waals surface area contributed by atoms with Gasteiger partial charge in [-0.05, 0) is 23.3 Å². The van der Waals surface area contributed by atoms with Crippen molar-refractivity contribution in [2.75, 3.05) is 7.05 Å². The standard InChI is InChI=1S/C14H11Cl2NO2S/c1-17-14(10-6-4-7-11(15)13(10)16)9-5-2-3-8-12(9)20(17,18)19/h2-8,14H,1H3. The van der Waals surface area contributed by atoms with E-state index in [9.17, 15) is 8.42 Å². The number of nitrogens with zero attached hydrogens (tertiary/aromatic N) is 1. The molecule has 0 amide bonds. The first-order valence-electron chi connectivity index (χ1n) is 5.95. The summed E-state index contributed by atoms with van der Waals surface area (Å²) in [6, 6.07) is 11.8. The molecule has 0 aromatic heterocycles. The minimum Gasteiger partial charge on any atom is -0.207 e. The number of hydrogen-bond donors (Lipinski definition) is 0. The van der Waals surface area contributed by atoms with Crippen LogP contribution in [-0.2, 0) is 10.0 Å². The third-order valence-corrected chi connectivity index (χ3v) is 6.24. The van der Waals surface area contributed by atoms with Gasteiger partial charge in [0.2, 0.25) is 10.0 Å². The van der Waals surface area contributed by atoms with Gasteiger partial charge in [-0.15, -0.1) is 0 Å². The summed E-state index contributed by atoms with van der Waals surface area (Å²) in [4.78, 5) is 0.323. The predicted octanol–water partition coefficient (Wildman–Crippen LogP) is 3.72. The molecule has 6 heteroatoms. The number of fused-ring (bicyclic) bond motifs is 1. The lowest BCUT2D eigenvalue weighted by atomic mass is 9.99. The number of halogens is 2. The zero-order valence-electron chi connectivity index (χ0n) is 10.5. The molecule has 1 unspecified atom stereocenters. The number of rotatable bonds is 1. The van der Waals surface area contributed by atoms with Gasteiger partial charge in [-0.3, -0.25) is 0 Å². The van der Waals surface area contributed by atoms with Crippen LogP contribution in [0.3, 0.4) is 0 Å². The first-order valence-corrected chi connectivity index (χ1v) is 8.15. The molecule has 0 fully saturated rings. The summed E-state index contributed by atoms with van der Waals surface area (Å²) in [6.45, 7) is 0. The molecule has 0 N–H and O–H groups in total. The second-order valence-electron chi connectivity index (χ2n) is 4.60. The Labute approximate surface area is 127 Å². The number of hydrogen-bond acceptors (Lipinski definition) is 2. The number of sulfonamides is 1. The van der Waals surface area contributed by atoms with Gasteiger partial charge >= 0.3 is 0 Å². The minimum atomic E-state index is -3.48. The molecule has 0 saturated carbocycles. The van der Waals surface area contributed by atoms with E-state index >= 15 is 0 Å². The van der Waals surface area contributed by atoms with Crippen LogP contribution in [0.2, 0.25) is 10.0 Å². The second-order valence-corrected chi connectivity index (χ2v) is 7.36. The van der Waals surface area contributed by atoms with Gasteiger partial charge in [0.1, 0.15) is 0 Å². The van der Waals surface area contributed by atoms with Gasteiger partial charge in [0.05, 0.1) is 21.0 Å². The van der Waals surface area contributed by atoms with E-state index < -0.39 is 16.1 Å². The fourth-order valence-corrected chi connectivity index (χ4v) is 4.48. The van der Waals surface area contributed by atoms with E-state index in [1.54, 1.807) is 43.4 Å². The molecule has 20 heavy (non-hydrogen) atoms. The normalized spacial score (nSPS) is 20.9. The highest BCUT2D eigenvalue weighted by Gasteiger charge is 2.41. The second kappa shape index (κ2) is 4.74. The van der Waals surface area contributed by atoms with Gasteiger partial charge in [0.25, 0.3) is 0 Å². The topological polar surface area (TPSA) is 37.4 Å². The van der Waals surface area contributed by atoms with Crippen LogP contribution in [-0.4, -0.2) is 19.8 Å². The summed E-state index contributed by atoms with van der Waals surface area (Å²) >= 11 is 12.3. The molecule has 3 nitrogen and oxygen atoms in total. The quantitative estimate of drug-likeness (QED) is 0.800. The van der Waals surface area contributed by atoms with Gasteiger partial charge in [0.15, 0.2) is 0 Å². The molecule has 1 aliphatic heterocycles. The molecule has 0 saturated heterocycles. The predicted molar refractivity (Wildman–Crippen MR) is 79.7 cm³/mol. The highest BCUT2D eigenvalue weighted by Crippen LogP contribution is 2.45. The van der Waals surface area contributed by atoms with Crippen molar-refractivity contribution in [1.29, 1.82) is 0 Å². The molecule has 0 aliphatic carbocycles. The lowest BCUT2D eigenvalue weighted by Crippen LogP contribution is -2.24. The summed E-state index contributed by atoms with van der Waals surface area (Å²) in [6.07, 6.45) is 0. The van der Waals surface area contributed by atoms with Gasteiger partial charge in [-0.2, -0.15) is 4.31 Å². The van der Waals surface area contributed by atoms with Crippen molar-refractivity contribution in [1.82, 2.24) is 4.31 Å². The monoisotopic (exact) mass is 327 g/mol. The fourth-order valence-electron chi connectivity index (χ4n) is 2.53. The van der Waals surface area contributed by atoms with E-state index in [0.717, 1.165) is 5.56 Å². The van der Waals surface area contributed by atoms with Crippen LogP contribution in [0.1, 0.15) is 17.2 Å². The maximum absolute atomic E-state index is 12.4. The van der Waals surface area contributed by atoms with Crippen LogP contribution >= 0.6 is 23.2 Å². The van der Waals surface area contributed by atoms with Crippen LogP contribution in [0, 0.1) is 0 Å². The number of benzene rings is 2. The SMILES string of the molecule is CN1C(c2cccc(Cl)c2Cl)c2ccccc2S1(=O)=O. The highest BCUT2D eigenvalue weighted by molar-refractivity contribution is 7.89. The van der Waals surface area contributed by atoms with Crippen LogP contribution in [0.15, 0.2) is 47.4 Å². The molecule has 0 radical (unpaired) electrons. The lowest BCUT2D eigenvalue weighted by Gasteiger charge is -2.20. The highest BCUT2D eigenvalue weighted by atomic mass is 35.5. The van der Waals surface area contributed by atoms with Crippen molar-refractivity contribution in [3.63, 3.8) is 0 Å². The lowest BCUT2D eigenvalue weighted by molar-refractivity contribution is 0.440. The molecule has 1 atom stereocenters. The first-order chi connectivity index (χ1) is 9.44. The van der Waals surface area contributed by atoms with Crippen LogP contribution in [0.4, 0.5) is 0 Å². The molecule has 0 spiro atoms. The van der Waals surface area contributed by atoms with Crippen molar-refractivity contribution in [3.8, 4) is 0 Å². The summed E-state index contributed by atoms with van der Waals surface area (Å²) < 4.78 is 26.2. The van der Waals surface area contributed by atoms with Crippen molar-refractivity contribution in [2.45, 2.75) is 10.9 Å². The van der Waals surface area contributed by atoms with E-state index in [1.807, 2.05) is 6.07 Å². The van der Waals surface area contributed by atoms with E-state index in [1.165, 1.54) is 4.31 Å². The smallest absolute Gasteiger partial charge is 0.207 e. The van der Waals surface area contributed by atoms with Crippen LogP contribution in [0.5, 0.6) is 0 Å². The van der Waals surface area contributed by atoms with Crippen LogP contribution < -0.4 is 0 Å². The van der Waals surface area contributed by atoms with Gasteiger partial charge in [-0.1, -0.05) is 53.5 Å². The first kappa shape index (κ1) is 13.9. The molecule has 2 aromatic carbocycles. The third-order valence-electron chi connectivity index (χ3n) is 3.51. The zero-order valence-corrected chi connectivity index (χ0v) is 12.9. The fraction of sp³-hybridized carbons (Fsp3) is 0.143. The van der Waals surface area contributed by atoms with Crippen molar-refractivity contribution in [3.05, 3.63) is 63.6 Å². The molecule has 0 bridgehead atoms. The Balaban J connectivity index is 2.28.